The summed E-state index contributed by atoms with van der Waals surface area (Å²) in [6.07, 6.45) is 0.315. The average molecular weight is 176 g/mol. The molecule has 0 spiro atoms. The van der Waals surface area contributed by atoms with E-state index in [1.54, 1.807) is 0 Å². The highest BCUT2D eigenvalue weighted by atomic mass is 16.5. The van der Waals surface area contributed by atoms with E-state index in [1.165, 1.54) is 16.7 Å². The van der Waals surface area contributed by atoms with Crippen molar-refractivity contribution in [3.05, 3.63) is 34.9 Å². The maximum absolute atomic E-state index is 5.77. The molecule has 0 aromatic heterocycles. The fourth-order valence-electron chi connectivity index (χ4n) is 2.00. The molecule has 1 aromatic rings. The van der Waals surface area contributed by atoms with Crippen molar-refractivity contribution in [2.45, 2.75) is 33.5 Å². The third-order valence-electron chi connectivity index (χ3n) is 2.77. The summed E-state index contributed by atoms with van der Waals surface area (Å²) in [7, 11) is 0. The summed E-state index contributed by atoms with van der Waals surface area (Å²) < 4.78 is 5.77. The molecule has 0 saturated carbocycles. The summed E-state index contributed by atoms with van der Waals surface area (Å²) in [5.74, 6) is 0.572. The summed E-state index contributed by atoms with van der Waals surface area (Å²) >= 11 is 0. The van der Waals surface area contributed by atoms with E-state index in [4.69, 9.17) is 4.74 Å². The van der Waals surface area contributed by atoms with Crippen molar-refractivity contribution in [3.8, 4) is 0 Å². The summed E-state index contributed by atoms with van der Waals surface area (Å²) in [5.41, 5.74) is 4.16. The summed E-state index contributed by atoms with van der Waals surface area (Å²) in [4.78, 5) is 0. The van der Waals surface area contributed by atoms with Gasteiger partial charge < -0.3 is 4.74 Å². The lowest BCUT2D eigenvalue weighted by atomic mass is 9.95. The first-order chi connectivity index (χ1) is 6.20. The van der Waals surface area contributed by atoms with Gasteiger partial charge in [-0.25, -0.2) is 0 Å². The number of hydrogen-bond donors (Lipinski definition) is 0. The zero-order valence-corrected chi connectivity index (χ0v) is 8.50. The van der Waals surface area contributed by atoms with Crippen LogP contribution in [0.2, 0.25) is 0 Å². The van der Waals surface area contributed by atoms with Gasteiger partial charge >= 0.3 is 0 Å². The van der Waals surface area contributed by atoms with Crippen LogP contribution in [0, 0.1) is 12.8 Å². The fraction of sp³-hybridized carbons (Fsp3) is 0.500. The minimum absolute atomic E-state index is 0.315. The molecular formula is C12H16O. The summed E-state index contributed by atoms with van der Waals surface area (Å²) in [5, 5.41) is 0. The second-order valence-corrected chi connectivity index (χ2v) is 4.12. The fourth-order valence-corrected chi connectivity index (χ4v) is 2.00. The Labute approximate surface area is 79.7 Å². The molecule has 1 aliphatic heterocycles. The van der Waals surface area contributed by atoms with Crippen LogP contribution in [-0.2, 0) is 11.3 Å². The van der Waals surface area contributed by atoms with E-state index >= 15 is 0 Å². The highest BCUT2D eigenvalue weighted by molar-refractivity contribution is 5.37. The number of ether oxygens (including phenoxy) is 1. The van der Waals surface area contributed by atoms with E-state index in [0.717, 1.165) is 6.61 Å². The molecule has 70 valence electrons. The molecule has 1 heteroatoms. The zero-order chi connectivity index (χ0) is 9.42. The highest BCUT2D eigenvalue weighted by Crippen LogP contribution is 2.36. The molecule has 1 heterocycles. The van der Waals surface area contributed by atoms with Crippen LogP contribution in [0.3, 0.4) is 0 Å². The molecule has 13 heavy (non-hydrogen) atoms. The molecule has 1 nitrogen and oxygen atoms in total. The molecule has 1 atom stereocenters. The molecular weight excluding hydrogens is 160 g/mol. The standard InChI is InChI=1S/C12H16O/c1-8(2)12-10-6-4-5-9(3)11(10)7-13-12/h4-6,8,12H,7H2,1-3H3. The van der Waals surface area contributed by atoms with Gasteiger partial charge in [-0.1, -0.05) is 32.0 Å². The van der Waals surface area contributed by atoms with Crippen molar-refractivity contribution in [2.75, 3.05) is 0 Å². The Morgan fingerprint density at radius 2 is 2.15 bits per heavy atom. The van der Waals surface area contributed by atoms with Gasteiger partial charge in [-0.3, -0.25) is 0 Å². The lowest BCUT2D eigenvalue weighted by Crippen LogP contribution is -2.04. The number of benzene rings is 1. The van der Waals surface area contributed by atoms with Crippen LogP contribution >= 0.6 is 0 Å². The Morgan fingerprint density at radius 1 is 1.38 bits per heavy atom. The highest BCUT2D eigenvalue weighted by Gasteiger charge is 2.26. The van der Waals surface area contributed by atoms with Crippen LogP contribution < -0.4 is 0 Å². The summed E-state index contributed by atoms with van der Waals surface area (Å²) in [6.45, 7) is 7.37. The van der Waals surface area contributed by atoms with Crippen LogP contribution in [0.15, 0.2) is 18.2 Å². The van der Waals surface area contributed by atoms with Gasteiger partial charge in [-0.05, 0) is 29.5 Å². The SMILES string of the molecule is Cc1cccc2c1COC2C(C)C. The predicted octanol–water partition coefficient (Wildman–Crippen LogP) is 3.22. The smallest absolute Gasteiger partial charge is 0.0855 e. The van der Waals surface area contributed by atoms with E-state index in [0.29, 0.717) is 12.0 Å². The van der Waals surface area contributed by atoms with E-state index in [9.17, 15) is 0 Å². The zero-order valence-electron chi connectivity index (χ0n) is 8.50. The Balaban J connectivity index is 2.43. The quantitative estimate of drug-likeness (QED) is 0.638. The van der Waals surface area contributed by atoms with Crippen LogP contribution in [-0.4, -0.2) is 0 Å². The third kappa shape index (κ3) is 1.37. The Hall–Kier alpha value is -0.820. The normalized spacial score (nSPS) is 20.8. The van der Waals surface area contributed by atoms with Crippen LogP contribution in [0.5, 0.6) is 0 Å². The van der Waals surface area contributed by atoms with Crippen molar-refractivity contribution in [1.82, 2.24) is 0 Å². The predicted molar refractivity (Wildman–Crippen MR) is 53.5 cm³/mol. The minimum Gasteiger partial charge on any atom is -0.369 e. The molecule has 1 aromatic carbocycles. The first-order valence-electron chi connectivity index (χ1n) is 4.90. The van der Waals surface area contributed by atoms with Gasteiger partial charge in [0.2, 0.25) is 0 Å². The number of aryl methyl sites for hydroxylation is 1. The van der Waals surface area contributed by atoms with E-state index < -0.39 is 0 Å². The molecule has 0 aliphatic carbocycles. The lowest BCUT2D eigenvalue weighted by Gasteiger charge is -2.14. The molecule has 1 unspecified atom stereocenters. The Morgan fingerprint density at radius 3 is 2.85 bits per heavy atom. The van der Waals surface area contributed by atoms with Gasteiger partial charge in [0, 0.05) is 0 Å². The topological polar surface area (TPSA) is 9.23 Å². The van der Waals surface area contributed by atoms with Crippen LogP contribution in [0.1, 0.15) is 36.6 Å². The first kappa shape index (κ1) is 8.76. The largest absolute Gasteiger partial charge is 0.369 e. The van der Waals surface area contributed by atoms with Crippen LogP contribution in [0.4, 0.5) is 0 Å². The van der Waals surface area contributed by atoms with Crippen molar-refractivity contribution in [3.63, 3.8) is 0 Å². The monoisotopic (exact) mass is 176 g/mol. The lowest BCUT2D eigenvalue weighted by molar-refractivity contribution is 0.0340. The van der Waals surface area contributed by atoms with Gasteiger partial charge in [-0.15, -0.1) is 0 Å². The molecule has 0 N–H and O–H groups in total. The maximum Gasteiger partial charge on any atom is 0.0855 e. The maximum atomic E-state index is 5.77. The number of rotatable bonds is 1. The molecule has 1 aliphatic rings. The number of hydrogen-bond acceptors (Lipinski definition) is 1. The number of fused-ring (bicyclic) bond motifs is 1. The molecule has 0 fully saturated rings. The molecule has 0 amide bonds. The van der Waals surface area contributed by atoms with Gasteiger partial charge in [0.25, 0.3) is 0 Å². The molecule has 0 bridgehead atoms. The van der Waals surface area contributed by atoms with Crippen molar-refractivity contribution < 1.29 is 4.74 Å². The van der Waals surface area contributed by atoms with Crippen molar-refractivity contribution in [1.29, 1.82) is 0 Å². The summed E-state index contributed by atoms with van der Waals surface area (Å²) in [6, 6.07) is 6.48. The van der Waals surface area contributed by atoms with Crippen molar-refractivity contribution in [2.24, 2.45) is 5.92 Å². The van der Waals surface area contributed by atoms with Crippen LogP contribution in [0.25, 0.3) is 0 Å². The van der Waals surface area contributed by atoms with E-state index in [-0.39, 0.29) is 0 Å². The second-order valence-electron chi connectivity index (χ2n) is 4.12. The second kappa shape index (κ2) is 3.15. The Kier molecular flexibility index (Phi) is 2.12. The van der Waals surface area contributed by atoms with Gasteiger partial charge in [0.05, 0.1) is 12.7 Å². The minimum atomic E-state index is 0.315. The van der Waals surface area contributed by atoms with Gasteiger partial charge in [0.1, 0.15) is 0 Å². The third-order valence-corrected chi connectivity index (χ3v) is 2.77. The van der Waals surface area contributed by atoms with Gasteiger partial charge in [-0.2, -0.15) is 0 Å². The van der Waals surface area contributed by atoms with Gasteiger partial charge in [0.15, 0.2) is 0 Å². The van der Waals surface area contributed by atoms with Crippen molar-refractivity contribution >= 4 is 0 Å². The van der Waals surface area contributed by atoms with E-state index in [2.05, 4.69) is 39.0 Å². The Bertz CT molecular complexity index is 315. The average Bonchev–Trinajstić information content (AvgIpc) is 2.48. The molecule has 0 saturated heterocycles. The first-order valence-corrected chi connectivity index (χ1v) is 4.90. The molecule has 2 rings (SSSR count). The van der Waals surface area contributed by atoms with E-state index in [1.807, 2.05) is 0 Å². The molecule has 0 radical (unpaired) electrons.